The van der Waals surface area contributed by atoms with Gasteiger partial charge in [0.1, 0.15) is 23.3 Å². The van der Waals surface area contributed by atoms with E-state index in [0.29, 0.717) is 17.1 Å². The lowest BCUT2D eigenvalue weighted by molar-refractivity contribution is -0.140. The third kappa shape index (κ3) is 3.77. The van der Waals surface area contributed by atoms with Gasteiger partial charge >= 0.3 is 0 Å². The Balaban J connectivity index is 1.84. The lowest BCUT2D eigenvalue weighted by Gasteiger charge is -2.24. The molecule has 4 rings (SSSR count). The van der Waals surface area contributed by atoms with Gasteiger partial charge in [-0.25, -0.2) is 0 Å². The first kappa shape index (κ1) is 20.9. The van der Waals surface area contributed by atoms with Gasteiger partial charge in [-0.3, -0.25) is 9.59 Å². The molecule has 1 aromatic heterocycles. The predicted octanol–water partition coefficient (Wildman–Crippen LogP) is 4.98. The molecule has 1 saturated heterocycles. The van der Waals surface area contributed by atoms with Gasteiger partial charge in [-0.1, -0.05) is 40.2 Å². The van der Waals surface area contributed by atoms with E-state index in [0.717, 1.165) is 15.6 Å². The first-order valence-electron chi connectivity index (χ1n) is 9.62. The van der Waals surface area contributed by atoms with Crippen molar-refractivity contribution in [3.05, 3.63) is 93.4 Å². The summed E-state index contributed by atoms with van der Waals surface area (Å²) in [5, 5.41) is 11.1. The topological polar surface area (TPSA) is 80.0 Å². The Morgan fingerprint density at radius 2 is 1.94 bits per heavy atom. The molecule has 2 aromatic carbocycles. The van der Waals surface area contributed by atoms with Crippen molar-refractivity contribution in [3.8, 4) is 5.75 Å². The van der Waals surface area contributed by atoms with Crippen molar-refractivity contribution >= 4 is 33.4 Å². The number of rotatable bonds is 5. The quantitative estimate of drug-likeness (QED) is 0.315. The van der Waals surface area contributed by atoms with E-state index in [1.54, 1.807) is 43.5 Å². The summed E-state index contributed by atoms with van der Waals surface area (Å²) in [6.45, 7) is 2.00. The van der Waals surface area contributed by atoms with E-state index in [2.05, 4.69) is 15.9 Å². The van der Waals surface area contributed by atoms with E-state index in [1.165, 1.54) is 11.2 Å². The van der Waals surface area contributed by atoms with E-state index >= 15 is 0 Å². The summed E-state index contributed by atoms with van der Waals surface area (Å²) in [4.78, 5) is 27.5. The summed E-state index contributed by atoms with van der Waals surface area (Å²) in [7, 11) is 1.55. The lowest BCUT2D eigenvalue weighted by atomic mass is 9.98. The Morgan fingerprint density at radius 3 is 2.61 bits per heavy atom. The van der Waals surface area contributed by atoms with E-state index in [4.69, 9.17) is 9.15 Å². The normalized spacial score (nSPS) is 17.9. The highest BCUT2D eigenvalue weighted by Crippen LogP contribution is 2.41. The number of Topliss-reactive ketones (excluding diaryl/α,β-unsaturated/α-hetero) is 1. The molecule has 6 nitrogen and oxygen atoms in total. The van der Waals surface area contributed by atoms with Gasteiger partial charge in [-0.15, -0.1) is 0 Å². The van der Waals surface area contributed by atoms with Crippen LogP contribution >= 0.6 is 15.9 Å². The standard InChI is InChI=1S/C24H20BrNO5/c1-14-12-15(9-10-17(14)25)22(27)20-21(19-8-5-11-31-19)26(24(29)23(20)28)13-16-6-3-4-7-18(16)30-2/h3-12,21,27H,13H2,1-2H3/b22-20-. The summed E-state index contributed by atoms with van der Waals surface area (Å²) in [5.74, 6) is -0.703. The predicted molar refractivity (Wildman–Crippen MR) is 118 cm³/mol. The Bertz CT molecular complexity index is 1180. The first-order chi connectivity index (χ1) is 14.9. The molecular formula is C24H20BrNO5. The summed E-state index contributed by atoms with van der Waals surface area (Å²) in [5.41, 5.74) is 2.08. The Morgan fingerprint density at radius 1 is 1.16 bits per heavy atom. The van der Waals surface area contributed by atoms with Crippen molar-refractivity contribution in [2.24, 2.45) is 0 Å². The zero-order valence-electron chi connectivity index (χ0n) is 17.0. The molecule has 1 amide bonds. The Hall–Kier alpha value is -3.32. The van der Waals surface area contributed by atoms with E-state index < -0.39 is 17.7 Å². The van der Waals surface area contributed by atoms with Crippen LogP contribution in [0.2, 0.25) is 0 Å². The van der Waals surface area contributed by atoms with E-state index in [-0.39, 0.29) is 17.9 Å². The van der Waals surface area contributed by atoms with Gasteiger partial charge in [0.25, 0.3) is 11.7 Å². The van der Waals surface area contributed by atoms with Crippen molar-refractivity contribution in [1.29, 1.82) is 0 Å². The van der Waals surface area contributed by atoms with Gasteiger partial charge < -0.3 is 19.2 Å². The molecule has 0 aliphatic carbocycles. The average Bonchev–Trinajstić information content (AvgIpc) is 3.38. The number of aliphatic hydroxyl groups is 1. The molecule has 1 aliphatic rings. The molecule has 0 saturated carbocycles. The second kappa shape index (κ2) is 8.43. The van der Waals surface area contributed by atoms with Crippen LogP contribution in [0.1, 0.15) is 28.5 Å². The Labute approximate surface area is 187 Å². The molecule has 1 atom stereocenters. The number of carbonyl (C=O) groups excluding carboxylic acids is 2. The number of ketones is 1. The highest BCUT2D eigenvalue weighted by Gasteiger charge is 2.47. The fourth-order valence-corrected chi connectivity index (χ4v) is 4.00. The van der Waals surface area contributed by atoms with Gasteiger partial charge in [0.15, 0.2) is 0 Å². The average molecular weight is 482 g/mol. The number of ether oxygens (including phenoxy) is 1. The van der Waals surface area contributed by atoms with Crippen LogP contribution in [-0.2, 0) is 16.1 Å². The minimum atomic E-state index is -0.858. The van der Waals surface area contributed by atoms with Crippen LogP contribution < -0.4 is 4.74 Å². The molecule has 31 heavy (non-hydrogen) atoms. The number of benzene rings is 2. The number of furan rings is 1. The van der Waals surface area contributed by atoms with Crippen LogP contribution in [0.25, 0.3) is 5.76 Å². The second-order valence-electron chi connectivity index (χ2n) is 7.22. The molecule has 1 N–H and O–H groups in total. The highest BCUT2D eigenvalue weighted by atomic mass is 79.9. The first-order valence-corrected chi connectivity index (χ1v) is 10.4. The molecule has 1 unspecified atom stereocenters. The minimum absolute atomic E-state index is 0.00318. The number of methoxy groups -OCH3 is 1. The summed E-state index contributed by atoms with van der Waals surface area (Å²) in [6.07, 6.45) is 1.47. The van der Waals surface area contributed by atoms with E-state index in [9.17, 15) is 14.7 Å². The number of halogens is 1. The zero-order valence-corrected chi connectivity index (χ0v) is 18.5. The van der Waals surface area contributed by atoms with Crippen LogP contribution in [0.3, 0.4) is 0 Å². The van der Waals surface area contributed by atoms with Crippen molar-refractivity contribution in [2.45, 2.75) is 19.5 Å². The van der Waals surface area contributed by atoms with Gasteiger partial charge in [-0.2, -0.15) is 0 Å². The molecule has 0 bridgehead atoms. The second-order valence-corrected chi connectivity index (χ2v) is 8.07. The number of para-hydroxylation sites is 1. The summed E-state index contributed by atoms with van der Waals surface area (Å²) in [6, 6.07) is 15.0. The van der Waals surface area contributed by atoms with Gasteiger partial charge in [0.2, 0.25) is 0 Å². The summed E-state index contributed by atoms with van der Waals surface area (Å²) < 4.78 is 11.8. The smallest absolute Gasteiger partial charge is 0.296 e. The minimum Gasteiger partial charge on any atom is -0.507 e. The maximum absolute atomic E-state index is 13.0. The van der Waals surface area contributed by atoms with Crippen molar-refractivity contribution in [3.63, 3.8) is 0 Å². The number of hydrogen-bond donors (Lipinski definition) is 1. The van der Waals surface area contributed by atoms with Gasteiger partial charge in [0.05, 0.1) is 25.5 Å². The van der Waals surface area contributed by atoms with Crippen molar-refractivity contribution in [1.82, 2.24) is 4.90 Å². The lowest BCUT2D eigenvalue weighted by Crippen LogP contribution is -2.29. The number of aryl methyl sites for hydroxylation is 1. The highest BCUT2D eigenvalue weighted by molar-refractivity contribution is 9.10. The van der Waals surface area contributed by atoms with Crippen LogP contribution in [0.15, 0.2) is 75.3 Å². The molecule has 7 heteroatoms. The maximum Gasteiger partial charge on any atom is 0.296 e. The van der Waals surface area contributed by atoms with Crippen molar-refractivity contribution in [2.75, 3.05) is 7.11 Å². The van der Waals surface area contributed by atoms with Crippen LogP contribution in [-0.4, -0.2) is 28.8 Å². The van der Waals surface area contributed by atoms with Crippen LogP contribution in [0.5, 0.6) is 5.75 Å². The molecule has 0 spiro atoms. The monoisotopic (exact) mass is 481 g/mol. The number of nitrogens with zero attached hydrogens (tertiary/aromatic N) is 1. The number of carbonyl (C=O) groups is 2. The molecule has 1 aliphatic heterocycles. The van der Waals surface area contributed by atoms with Crippen LogP contribution in [0.4, 0.5) is 0 Å². The van der Waals surface area contributed by atoms with E-state index in [1.807, 2.05) is 25.1 Å². The molecule has 3 aromatic rings. The summed E-state index contributed by atoms with van der Waals surface area (Å²) >= 11 is 3.43. The number of amides is 1. The fraction of sp³-hybridized carbons (Fsp3) is 0.167. The molecule has 2 heterocycles. The zero-order chi connectivity index (χ0) is 22.1. The SMILES string of the molecule is COc1ccccc1CN1C(=O)C(=O)/C(=C(\O)c2ccc(Br)c(C)c2)C1c1ccco1. The fourth-order valence-electron chi connectivity index (χ4n) is 3.75. The third-order valence-electron chi connectivity index (χ3n) is 5.32. The van der Waals surface area contributed by atoms with Crippen LogP contribution in [0, 0.1) is 6.92 Å². The number of aliphatic hydroxyl groups excluding tert-OH is 1. The number of likely N-dealkylation sites (tertiary alicyclic amines) is 1. The van der Waals surface area contributed by atoms with Crippen molar-refractivity contribution < 1.29 is 23.8 Å². The Kier molecular flexibility index (Phi) is 5.69. The number of hydrogen-bond acceptors (Lipinski definition) is 5. The molecular weight excluding hydrogens is 462 g/mol. The molecule has 1 fully saturated rings. The maximum atomic E-state index is 13.0. The van der Waals surface area contributed by atoms with Gasteiger partial charge in [-0.05, 0) is 42.8 Å². The molecule has 0 radical (unpaired) electrons. The van der Waals surface area contributed by atoms with Gasteiger partial charge in [0, 0.05) is 15.6 Å². The third-order valence-corrected chi connectivity index (χ3v) is 6.21. The molecule has 158 valence electrons. The largest absolute Gasteiger partial charge is 0.507 e.